The van der Waals surface area contributed by atoms with E-state index in [1.165, 1.54) is 10.8 Å². The molecule has 80 valence electrons. The number of hydrogen-bond donors (Lipinski definition) is 1. The van der Waals surface area contributed by atoms with Gasteiger partial charge in [0.1, 0.15) is 0 Å². The highest BCUT2D eigenvalue weighted by molar-refractivity contribution is 5.83. The highest BCUT2D eigenvalue weighted by Gasteiger charge is 1.91. The summed E-state index contributed by atoms with van der Waals surface area (Å²) < 4.78 is 0. The number of aliphatic carboxylic acids is 1. The maximum Gasteiger partial charge on any atom is 0.300 e. The van der Waals surface area contributed by atoms with Gasteiger partial charge in [0, 0.05) is 12.5 Å². The minimum absolute atomic E-state index is 0.833. The Labute approximate surface area is 94.5 Å². The summed E-state index contributed by atoms with van der Waals surface area (Å²) in [5.41, 5.74) is 0.939. The molecule has 0 radical (unpaired) electrons. The normalized spacial score (nSPS) is 8.75. The molecule has 0 unspecified atom stereocenters. The van der Waals surface area contributed by atoms with Crippen LogP contribution in [0.15, 0.2) is 42.5 Å². The first-order valence-corrected chi connectivity index (χ1v) is 4.78. The van der Waals surface area contributed by atoms with E-state index in [1.54, 1.807) is 0 Å². The average Bonchev–Trinajstić information content (AvgIpc) is 2.27. The van der Waals surface area contributed by atoms with Crippen molar-refractivity contribution < 1.29 is 9.90 Å². The van der Waals surface area contributed by atoms with Crippen molar-refractivity contribution in [3.63, 3.8) is 0 Å². The predicted octanol–water partition coefficient (Wildman–Crippen LogP) is 2.91. The molecule has 0 bridgehead atoms. The standard InChI is InChI=1S/C12H8.C2H4O2/c1-2-10-7-8-11-5-3-4-6-12(11)9-10;1-2(3)4/h1,3-9H;1H3,(H,3,4). The van der Waals surface area contributed by atoms with Gasteiger partial charge in [-0.05, 0) is 22.9 Å². The largest absolute Gasteiger partial charge is 0.481 e. The van der Waals surface area contributed by atoms with Crippen LogP contribution in [0.5, 0.6) is 0 Å². The topological polar surface area (TPSA) is 37.3 Å². The van der Waals surface area contributed by atoms with E-state index >= 15 is 0 Å². The molecule has 0 spiro atoms. The molecule has 2 nitrogen and oxygen atoms in total. The first-order chi connectivity index (χ1) is 7.63. The number of hydrogen-bond acceptors (Lipinski definition) is 1. The number of carbonyl (C=O) groups is 1. The van der Waals surface area contributed by atoms with Crippen molar-refractivity contribution in [2.75, 3.05) is 0 Å². The molecule has 0 saturated heterocycles. The van der Waals surface area contributed by atoms with Gasteiger partial charge in [-0.3, -0.25) is 4.79 Å². The molecular formula is C14H12O2. The zero-order valence-electron chi connectivity index (χ0n) is 8.97. The fourth-order valence-corrected chi connectivity index (χ4v) is 1.28. The minimum atomic E-state index is -0.833. The Bertz CT molecular complexity index is 532. The second-order valence-corrected chi connectivity index (χ2v) is 3.23. The second-order valence-electron chi connectivity index (χ2n) is 3.23. The molecule has 0 saturated carbocycles. The minimum Gasteiger partial charge on any atom is -0.481 e. The number of rotatable bonds is 0. The highest BCUT2D eigenvalue weighted by Crippen LogP contribution is 2.14. The summed E-state index contributed by atoms with van der Waals surface area (Å²) in [7, 11) is 0. The van der Waals surface area contributed by atoms with Gasteiger partial charge in [0.2, 0.25) is 0 Å². The summed E-state index contributed by atoms with van der Waals surface area (Å²) in [6, 6.07) is 14.2. The van der Waals surface area contributed by atoms with Gasteiger partial charge in [0.25, 0.3) is 5.97 Å². The smallest absolute Gasteiger partial charge is 0.300 e. The average molecular weight is 212 g/mol. The lowest BCUT2D eigenvalue weighted by atomic mass is 10.1. The summed E-state index contributed by atoms with van der Waals surface area (Å²) in [6.45, 7) is 1.08. The van der Waals surface area contributed by atoms with Crippen molar-refractivity contribution in [2.45, 2.75) is 6.92 Å². The quantitative estimate of drug-likeness (QED) is 0.682. The molecular weight excluding hydrogens is 200 g/mol. The van der Waals surface area contributed by atoms with Gasteiger partial charge < -0.3 is 5.11 Å². The zero-order chi connectivity index (χ0) is 12.0. The van der Waals surface area contributed by atoms with Crippen molar-refractivity contribution in [3.8, 4) is 12.3 Å². The molecule has 0 aliphatic heterocycles. The fraction of sp³-hybridized carbons (Fsp3) is 0.0714. The number of benzene rings is 2. The molecule has 0 heterocycles. The zero-order valence-corrected chi connectivity index (χ0v) is 8.97. The van der Waals surface area contributed by atoms with Gasteiger partial charge in [-0.15, -0.1) is 6.42 Å². The first kappa shape index (κ1) is 11.8. The Morgan fingerprint density at radius 3 is 2.31 bits per heavy atom. The van der Waals surface area contributed by atoms with Gasteiger partial charge >= 0.3 is 0 Å². The summed E-state index contributed by atoms with van der Waals surface area (Å²) in [5, 5.41) is 9.85. The van der Waals surface area contributed by atoms with E-state index in [1.807, 2.05) is 30.3 Å². The molecule has 0 amide bonds. The van der Waals surface area contributed by atoms with E-state index in [-0.39, 0.29) is 0 Å². The van der Waals surface area contributed by atoms with E-state index in [9.17, 15) is 0 Å². The SMILES string of the molecule is C#Cc1ccc2ccccc2c1.CC(=O)O. The highest BCUT2D eigenvalue weighted by atomic mass is 16.4. The number of terminal acetylenes is 1. The van der Waals surface area contributed by atoms with Crippen LogP contribution in [-0.4, -0.2) is 11.1 Å². The monoisotopic (exact) mass is 212 g/mol. The van der Waals surface area contributed by atoms with Gasteiger partial charge in [0.05, 0.1) is 0 Å². The van der Waals surface area contributed by atoms with Crippen LogP contribution in [0.3, 0.4) is 0 Å². The van der Waals surface area contributed by atoms with Crippen LogP contribution < -0.4 is 0 Å². The lowest BCUT2D eigenvalue weighted by Crippen LogP contribution is -1.78. The lowest BCUT2D eigenvalue weighted by molar-refractivity contribution is -0.134. The van der Waals surface area contributed by atoms with E-state index in [0.29, 0.717) is 0 Å². The summed E-state index contributed by atoms with van der Waals surface area (Å²) in [5.74, 6) is 1.79. The molecule has 0 aliphatic rings. The van der Waals surface area contributed by atoms with Crippen molar-refractivity contribution in [2.24, 2.45) is 0 Å². The molecule has 2 aromatic rings. The molecule has 2 rings (SSSR count). The Hall–Kier alpha value is -2.27. The molecule has 0 aliphatic carbocycles. The molecule has 0 atom stereocenters. The van der Waals surface area contributed by atoms with Gasteiger partial charge in [0.15, 0.2) is 0 Å². The Balaban J connectivity index is 0.000000280. The van der Waals surface area contributed by atoms with Crippen LogP contribution in [-0.2, 0) is 4.79 Å². The van der Waals surface area contributed by atoms with E-state index in [4.69, 9.17) is 16.3 Å². The van der Waals surface area contributed by atoms with Crippen LogP contribution in [0.1, 0.15) is 12.5 Å². The van der Waals surface area contributed by atoms with Crippen molar-refractivity contribution >= 4 is 16.7 Å². The van der Waals surface area contributed by atoms with Crippen molar-refractivity contribution in [1.29, 1.82) is 0 Å². The third-order valence-electron chi connectivity index (χ3n) is 1.92. The van der Waals surface area contributed by atoms with Crippen molar-refractivity contribution in [1.82, 2.24) is 0 Å². The van der Waals surface area contributed by atoms with E-state index in [2.05, 4.69) is 18.1 Å². The predicted molar refractivity (Wildman–Crippen MR) is 65.2 cm³/mol. The molecule has 2 aromatic carbocycles. The van der Waals surface area contributed by atoms with Gasteiger partial charge in [-0.1, -0.05) is 36.3 Å². The maximum absolute atomic E-state index is 9.00. The van der Waals surface area contributed by atoms with Crippen LogP contribution in [0.2, 0.25) is 0 Å². The Morgan fingerprint density at radius 1 is 1.19 bits per heavy atom. The lowest BCUT2D eigenvalue weighted by Gasteiger charge is -1.96. The molecule has 16 heavy (non-hydrogen) atoms. The van der Waals surface area contributed by atoms with E-state index in [0.717, 1.165) is 12.5 Å². The van der Waals surface area contributed by atoms with Gasteiger partial charge in [-0.2, -0.15) is 0 Å². The number of carboxylic acid groups (broad SMARTS) is 1. The Kier molecular flexibility index (Phi) is 4.11. The third kappa shape index (κ3) is 3.47. The number of carboxylic acids is 1. The van der Waals surface area contributed by atoms with Crippen LogP contribution in [0, 0.1) is 12.3 Å². The first-order valence-electron chi connectivity index (χ1n) is 4.78. The van der Waals surface area contributed by atoms with Gasteiger partial charge in [-0.25, -0.2) is 0 Å². The third-order valence-corrected chi connectivity index (χ3v) is 1.92. The Morgan fingerprint density at radius 2 is 1.75 bits per heavy atom. The van der Waals surface area contributed by atoms with Crippen molar-refractivity contribution in [3.05, 3.63) is 48.0 Å². The molecule has 2 heteroatoms. The van der Waals surface area contributed by atoms with Crippen LogP contribution in [0.4, 0.5) is 0 Å². The maximum atomic E-state index is 9.00. The fourth-order valence-electron chi connectivity index (χ4n) is 1.28. The van der Waals surface area contributed by atoms with Crippen LogP contribution >= 0.6 is 0 Å². The summed E-state index contributed by atoms with van der Waals surface area (Å²) in [6.07, 6.45) is 5.29. The second kappa shape index (κ2) is 5.57. The summed E-state index contributed by atoms with van der Waals surface area (Å²) >= 11 is 0. The molecule has 1 N–H and O–H groups in total. The summed E-state index contributed by atoms with van der Waals surface area (Å²) in [4.78, 5) is 9.00. The van der Waals surface area contributed by atoms with E-state index < -0.39 is 5.97 Å². The van der Waals surface area contributed by atoms with Crippen LogP contribution in [0.25, 0.3) is 10.8 Å². The molecule has 0 fully saturated rings. The number of fused-ring (bicyclic) bond motifs is 1. The molecule has 0 aromatic heterocycles.